The molecule has 4 aliphatic carbocycles. The smallest absolute Gasteiger partial charge is 0.306 e. The van der Waals surface area contributed by atoms with Crippen molar-refractivity contribution in [1.82, 2.24) is 9.78 Å². The van der Waals surface area contributed by atoms with Crippen LogP contribution in [0.4, 0.5) is 0 Å². The molecule has 1 aromatic heterocycles. The molecule has 1 aromatic carbocycles. The second kappa shape index (κ2) is 12.5. The van der Waals surface area contributed by atoms with Gasteiger partial charge in [-0.15, -0.1) is 11.6 Å². The van der Waals surface area contributed by atoms with Crippen LogP contribution >= 0.6 is 11.6 Å². The lowest BCUT2D eigenvalue weighted by atomic mass is 9.45. The quantitative estimate of drug-likeness (QED) is 0.247. The van der Waals surface area contributed by atoms with E-state index >= 15 is 0 Å². The van der Waals surface area contributed by atoms with Crippen LogP contribution in [0.3, 0.4) is 0 Å². The normalized spacial score (nSPS) is 35.5. The second-order valence-corrected chi connectivity index (χ2v) is 15.5. The molecule has 1 N–H and O–H groups in total. The number of aliphatic hydroxyl groups is 1. The van der Waals surface area contributed by atoms with Crippen LogP contribution in [0.25, 0.3) is 6.08 Å². The summed E-state index contributed by atoms with van der Waals surface area (Å²) in [5, 5.41) is 16.9. The lowest BCUT2D eigenvalue weighted by Crippen LogP contribution is -2.66. The largest absolute Gasteiger partial charge is 0.457 e. The van der Waals surface area contributed by atoms with E-state index in [9.17, 15) is 19.5 Å². The van der Waals surface area contributed by atoms with E-state index in [-0.39, 0.29) is 53.7 Å². The number of alkyl halides is 1. The number of allylic oxidation sites excluding steroid dienone is 1. The van der Waals surface area contributed by atoms with Crippen molar-refractivity contribution < 1.29 is 29.0 Å². The van der Waals surface area contributed by atoms with Crippen LogP contribution in [0.5, 0.6) is 0 Å². The number of fused-ring (bicyclic) bond motifs is 6. The minimum Gasteiger partial charge on any atom is -0.457 e. The molecule has 0 spiro atoms. The Morgan fingerprint density at radius 3 is 2.40 bits per heavy atom. The van der Waals surface area contributed by atoms with Crippen LogP contribution in [0.1, 0.15) is 96.0 Å². The summed E-state index contributed by atoms with van der Waals surface area (Å²) >= 11 is 7.37. The lowest BCUT2D eigenvalue weighted by molar-refractivity contribution is -0.207. The number of aliphatic hydroxyl groups excluding tert-OH is 1. The number of carbonyl (C=O) groups is 3. The van der Waals surface area contributed by atoms with Gasteiger partial charge in [0.25, 0.3) is 0 Å². The summed E-state index contributed by atoms with van der Waals surface area (Å²) in [7, 11) is 0. The number of aromatic nitrogens is 2. The van der Waals surface area contributed by atoms with Crippen LogP contribution in [-0.4, -0.2) is 56.3 Å². The van der Waals surface area contributed by atoms with Gasteiger partial charge in [-0.2, -0.15) is 5.10 Å². The van der Waals surface area contributed by atoms with Gasteiger partial charge in [-0.3, -0.25) is 19.1 Å². The fourth-order valence-electron chi connectivity index (χ4n) is 10.1. The van der Waals surface area contributed by atoms with Gasteiger partial charge >= 0.3 is 11.9 Å². The molecule has 0 radical (unpaired) electrons. The highest BCUT2D eigenvalue weighted by Crippen LogP contribution is 2.70. The highest BCUT2D eigenvalue weighted by Gasteiger charge is 2.74. The average Bonchev–Trinajstić information content (AvgIpc) is 3.52. The molecular formula is C38H49ClN2O6. The number of aryl methyl sites for hydroxylation is 1. The van der Waals surface area contributed by atoms with E-state index in [0.717, 1.165) is 24.1 Å². The lowest BCUT2D eigenvalue weighted by Gasteiger charge is -2.61. The number of halogens is 1. The van der Waals surface area contributed by atoms with Gasteiger partial charge < -0.3 is 14.6 Å². The van der Waals surface area contributed by atoms with Crippen LogP contribution < -0.4 is 0 Å². The average molecular weight is 665 g/mol. The molecule has 9 atom stereocenters. The molecule has 8 nitrogen and oxygen atoms in total. The Hall–Kier alpha value is -2.97. The van der Waals surface area contributed by atoms with E-state index in [1.807, 2.05) is 18.5 Å². The predicted octanol–water partition coefficient (Wildman–Crippen LogP) is 6.32. The van der Waals surface area contributed by atoms with Gasteiger partial charge in [-0.05, 0) is 78.0 Å². The zero-order valence-corrected chi connectivity index (χ0v) is 29.3. The first-order valence-corrected chi connectivity index (χ1v) is 17.8. The minimum atomic E-state index is -1.53. The van der Waals surface area contributed by atoms with E-state index in [1.165, 1.54) is 16.7 Å². The highest BCUT2D eigenvalue weighted by molar-refractivity contribution is 6.21. The molecular weight excluding hydrogens is 616 g/mol. The molecule has 1 heterocycles. The number of hydrogen-bond donors (Lipinski definition) is 1. The standard InChI is InChI=1S/C38H49ClN2O6/c1-7-23-10-12-24(13-11-23)19-41-20-25-17-36(5)26(16-29(25)40-41)15-28(39)34-27-14-22(4)38(47-33(45)9-3,31(43)21-46-32(44)8-2)37(27,6)18-30(42)35(34)36/h10-13,16,20,22,27-28,30,34-35,42H,7-9,14-15,17-19,21H2,1-6H3/t22-,27+,28-,30+,34-,35+,36+,37+,38-/m1/s1. The first-order chi connectivity index (χ1) is 22.3. The Balaban J connectivity index is 1.33. The van der Waals surface area contributed by atoms with Crippen LogP contribution in [-0.2, 0) is 43.2 Å². The van der Waals surface area contributed by atoms with Gasteiger partial charge in [0.2, 0.25) is 5.78 Å². The van der Waals surface area contributed by atoms with E-state index in [4.69, 9.17) is 26.2 Å². The zero-order chi connectivity index (χ0) is 33.9. The molecule has 0 unspecified atom stereocenters. The van der Waals surface area contributed by atoms with Crippen molar-refractivity contribution in [3.05, 3.63) is 58.4 Å². The molecule has 0 amide bonds. The Morgan fingerprint density at radius 1 is 1.06 bits per heavy atom. The summed E-state index contributed by atoms with van der Waals surface area (Å²) < 4.78 is 13.5. The maximum atomic E-state index is 14.2. The molecule has 254 valence electrons. The number of benzene rings is 1. The molecule has 3 saturated carbocycles. The van der Waals surface area contributed by atoms with Gasteiger partial charge in [-0.25, -0.2) is 0 Å². The van der Waals surface area contributed by atoms with Crippen LogP contribution in [0.15, 0.2) is 36.0 Å². The Labute approximate surface area is 283 Å². The molecule has 9 heteroatoms. The number of nitrogens with zero attached hydrogens (tertiary/aromatic N) is 2. The monoisotopic (exact) mass is 664 g/mol. The van der Waals surface area contributed by atoms with Gasteiger partial charge in [0.1, 0.15) is 0 Å². The Kier molecular flexibility index (Phi) is 9.01. The molecule has 2 aromatic rings. The number of hydrogen-bond acceptors (Lipinski definition) is 7. The third kappa shape index (κ3) is 5.38. The Bertz CT molecular complexity index is 1580. The third-order valence-electron chi connectivity index (χ3n) is 12.3. The molecule has 0 saturated heterocycles. The molecule has 0 bridgehead atoms. The van der Waals surface area contributed by atoms with Crippen molar-refractivity contribution in [3.8, 4) is 0 Å². The van der Waals surface area contributed by atoms with E-state index in [2.05, 4.69) is 50.4 Å². The highest BCUT2D eigenvalue weighted by atomic mass is 35.5. The summed E-state index contributed by atoms with van der Waals surface area (Å²) in [5.41, 5.74) is 3.07. The zero-order valence-electron chi connectivity index (χ0n) is 28.6. The number of rotatable bonds is 9. The fraction of sp³-hybridized carbons (Fsp3) is 0.632. The summed E-state index contributed by atoms with van der Waals surface area (Å²) in [4.78, 5) is 39.2. The fourth-order valence-corrected chi connectivity index (χ4v) is 10.6. The molecule has 6 rings (SSSR count). The maximum Gasteiger partial charge on any atom is 0.306 e. The van der Waals surface area contributed by atoms with Gasteiger partial charge in [0.05, 0.1) is 18.3 Å². The van der Waals surface area contributed by atoms with Crippen molar-refractivity contribution in [2.75, 3.05) is 6.61 Å². The molecule has 4 aliphatic rings. The number of ketones is 1. The molecule has 0 aliphatic heterocycles. The molecule has 47 heavy (non-hydrogen) atoms. The van der Waals surface area contributed by atoms with Crippen molar-refractivity contribution in [2.24, 2.45) is 34.5 Å². The van der Waals surface area contributed by atoms with Gasteiger partial charge in [0, 0.05) is 35.7 Å². The number of Topliss-reactive ketones (excluding diaryl/α,β-unsaturated/α-hetero) is 1. The van der Waals surface area contributed by atoms with Crippen LogP contribution in [0.2, 0.25) is 0 Å². The van der Waals surface area contributed by atoms with E-state index < -0.39 is 41.4 Å². The minimum absolute atomic E-state index is 0.0857. The summed E-state index contributed by atoms with van der Waals surface area (Å²) in [6, 6.07) is 8.66. The van der Waals surface area contributed by atoms with Crippen molar-refractivity contribution in [2.45, 2.75) is 110 Å². The topological polar surface area (TPSA) is 108 Å². The van der Waals surface area contributed by atoms with E-state index in [0.29, 0.717) is 19.4 Å². The maximum absolute atomic E-state index is 14.2. The third-order valence-corrected chi connectivity index (χ3v) is 12.8. The van der Waals surface area contributed by atoms with Crippen molar-refractivity contribution in [3.63, 3.8) is 0 Å². The van der Waals surface area contributed by atoms with Crippen LogP contribution in [0, 0.1) is 34.5 Å². The Morgan fingerprint density at radius 2 is 1.74 bits per heavy atom. The first-order valence-electron chi connectivity index (χ1n) is 17.4. The number of carbonyl (C=O) groups excluding carboxylic acids is 3. The summed E-state index contributed by atoms with van der Waals surface area (Å²) in [5.74, 6) is -2.08. The van der Waals surface area contributed by atoms with Crippen molar-refractivity contribution in [1.29, 1.82) is 0 Å². The van der Waals surface area contributed by atoms with Gasteiger partial charge in [-0.1, -0.05) is 71.4 Å². The number of ether oxygens (including phenoxy) is 2. The summed E-state index contributed by atoms with van der Waals surface area (Å²) in [6.45, 7) is 11.9. The first kappa shape index (κ1) is 33.9. The number of esters is 2. The predicted molar refractivity (Wildman–Crippen MR) is 180 cm³/mol. The van der Waals surface area contributed by atoms with E-state index in [1.54, 1.807) is 13.8 Å². The second-order valence-electron chi connectivity index (χ2n) is 14.9. The molecule has 3 fully saturated rings. The van der Waals surface area contributed by atoms with Crippen molar-refractivity contribution >= 4 is 35.4 Å². The summed E-state index contributed by atoms with van der Waals surface area (Å²) in [6.07, 6.45) is 7.09. The SMILES string of the molecule is CCC(=O)OCC(=O)[C@]1(OC(=O)CC)[C@H](C)C[C@H]2[C@H]3[C@H]([C@@H](O)C[C@@]21C)[C@@]1(C)Cc2cn(Cc4ccc(CC)cc4)nc2C=C1C[C@H]3Cl. The van der Waals surface area contributed by atoms with Gasteiger partial charge in [0.15, 0.2) is 12.2 Å².